The van der Waals surface area contributed by atoms with Crippen LogP contribution in [0.5, 0.6) is 0 Å². The minimum atomic E-state index is -0.954. The van der Waals surface area contributed by atoms with Crippen molar-refractivity contribution in [2.45, 2.75) is 48.5 Å². The van der Waals surface area contributed by atoms with Crippen molar-refractivity contribution in [1.29, 1.82) is 0 Å². The van der Waals surface area contributed by atoms with Gasteiger partial charge in [-0.25, -0.2) is 4.79 Å². The summed E-state index contributed by atoms with van der Waals surface area (Å²) in [4.78, 5) is 16.2. The van der Waals surface area contributed by atoms with Gasteiger partial charge in [-0.3, -0.25) is 0 Å². The van der Waals surface area contributed by atoms with Crippen LogP contribution in [0.3, 0.4) is 0 Å². The summed E-state index contributed by atoms with van der Waals surface area (Å²) in [7, 11) is 0. The Morgan fingerprint density at radius 2 is 1.94 bits per heavy atom. The number of rotatable bonds is 5. The van der Waals surface area contributed by atoms with Crippen LogP contribution in [0.25, 0.3) is 5.57 Å². The molecule has 0 bridgehead atoms. The number of carbonyl (C=O) groups is 1. The monoisotopic (exact) mass is 478 g/mol. The molecule has 0 amide bonds. The summed E-state index contributed by atoms with van der Waals surface area (Å²) in [5.74, 6) is 0.377. The molecule has 34 heavy (non-hydrogen) atoms. The Bertz CT molecular complexity index is 1240. The SMILES string of the molecule is CC1(C)O/C(=C2/C(O)=[NH+]c3cc(Sc4ccccc4C(=O)O)ccc32)C=C1CC1CCOCC1. The van der Waals surface area contributed by atoms with Gasteiger partial charge in [0, 0.05) is 29.1 Å². The molecule has 2 aromatic rings. The molecule has 0 radical (unpaired) electrons. The Hall–Kier alpha value is -3.03. The van der Waals surface area contributed by atoms with E-state index in [9.17, 15) is 15.0 Å². The van der Waals surface area contributed by atoms with Crippen LogP contribution in [0, 0.1) is 5.92 Å². The molecule has 0 aliphatic carbocycles. The number of hydrogen-bond acceptors (Lipinski definition) is 4. The number of carboxylic acid groups (broad SMARTS) is 1. The summed E-state index contributed by atoms with van der Waals surface area (Å²) < 4.78 is 11.8. The molecular formula is C27H28NO5S+. The summed E-state index contributed by atoms with van der Waals surface area (Å²) in [6.07, 6.45) is 5.18. The second-order valence-corrected chi connectivity index (χ2v) is 10.5. The Labute approximate surface area is 203 Å². The molecule has 2 aromatic carbocycles. The number of hydrogen-bond donors (Lipinski definition) is 3. The Balaban J connectivity index is 1.44. The van der Waals surface area contributed by atoms with E-state index in [1.165, 1.54) is 17.3 Å². The zero-order chi connectivity index (χ0) is 23.9. The first-order valence-electron chi connectivity index (χ1n) is 11.5. The third-order valence-corrected chi connectivity index (χ3v) is 7.70. The molecular weight excluding hydrogens is 450 g/mol. The maximum Gasteiger partial charge on any atom is 0.376 e. The third kappa shape index (κ3) is 4.38. The van der Waals surface area contributed by atoms with Crippen molar-refractivity contribution in [3.05, 3.63) is 71.0 Å². The number of benzene rings is 2. The van der Waals surface area contributed by atoms with Crippen LogP contribution in [0.2, 0.25) is 0 Å². The van der Waals surface area contributed by atoms with Crippen molar-refractivity contribution in [2.24, 2.45) is 5.92 Å². The molecule has 176 valence electrons. The molecule has 5 rings (SSSR count). The van der Waals surface area contributed by atoms with Gasteiger partial charge in [0.15, 0.2) is 0 Å². The highest BCUT2D eigenvalue weighted by Crippen LogP contribution is 2.42. The fraction of sp³-hybridized carbons (Fsp3) is 0.333. The molecule has 3 aliphatic rings. The molecule has 0 aromatic heterocycles. The van der Waals surface area contributed by atoms with Gasteiger partial charge in [0.2, 0.25) is 5.69 Å². The summed E-state index contributed by atoms with van der Waals surface area (Å²) in [6.45, 7) is 5.78. The van der Waals surface area contributed by atoms with E-state index in [2.05, 4.69) is 24.9 Å². The molecule has 1 saturated heterocycles. The standard InChI is InChI=1S/C27H27NO5S/c1-27(2)17(13-16-9-11-32-12-10-16)14-22(33-27)24-19-8-7-18(15-21(19)28-25(24)29)34-23-6-4-3-5-20(23)26(30)31/h3-8,14-16H,9-13H2,1-2H3,(H,28,29)(H,30,31)/p+1/b24-22+. The lowest BCUT2D eigenvalue weighted by Gasteiger charge is -2.28. The van der Waals surface area contributed by atoms with Gasteiger partial charge in [0.05, 0.1) is 11.1 Å². The van der Waals surface area contributed by atoms with Crippen LogP contribution in [-0.4, -0.2) is 40.9 Å². The van der Waals surface area contributed by atoms with Crippen molar-refractivity contribution in [2.75, 3.05) is 13.2 Å². The number of aromatic carboxylic acids is 1. The summed E-state index contributed by atoms with van der Waals surface area (Å²) in [5, 5.41) is 20.2. The van der Waals surface area contributed by atoms with Crippen LogP contribution in [0.1, 0.15) is 49.0 Å². The van der Waals surface area contributed by atoms with Crippen molar-refractivity contribution >= 4 is 34.9 Å². The van der Waals surface area contributed by atoms with Crippen LogP contribution in [0.4, 0.5) is 5.69 Å². The quantitative estimate of drug-likeness (QED) is 0.587. The van der Waals surface area contributed by atoms with E-state index in [0.717, 1.165) is 48.6 Å². The average Bonchev–Trinajstić information content (AvgIpc) is 3.28. The number of fused-ring (bicyclic) bond motifs is 1. The van der Waals surface area contributed by atoms with Crippen LogP contribution in [0.15, 0.2) is 69.7 Å². The zero-order valence-corrected chi connectivity index (χ0v) is 20.1. The summed E-state index contributed by atoms with van der Waals surface area (Å²) >= 11 is 1.38. The number of aliphatic hydroxyl groups excluding tert-OH is 1. The van der Waals surface area contributed by atoms with E-state index < -0.39 is 11.6 Å². The lowest BCUT2D eigenvalue weighted by atomic mass is 9.86. The zero-order valence-electron chi connectivity index (χ0n) is 19.3. The molecule has 3 heterocycles. The van der Waals surface area contributed by atoms with E-state index in [-0.39, 0.29) is 11.5 Å². The van der Waals surface area contributed by atoms with Crippen molar-refractivity contribution < 1.29 is 29.5 Å². The number of allylic oxidation sites excluding steroid dienone is 1. The van der Waals surface area contributed by atoms with Crippen LogP contribution < -0.4 is 4.99 Å². The smallest absolute Gasteiger partial charge is 0.376 e. The second-order valence-electron chi connectivity index (χ2n) is 9.37. The second kappa shape index (κ2) is 8.96. The highest BCUT2D eigenvalue weighted by atomic mass is 32.2. The first-order chi connectivity index (χ1) is 16.3. The minimum absolute atomic E-state index is 0.0671. The third-order valence-electron chi connectivity index (χ3n) is 6.64. The van der Waals surface area contributed by atoms with Gasteiger partial charge >= 0.3 is 11.9 Å². The number of aliphatic hydroxyl groups is 1. The highest BCUT2D eigenvalue weighted by Gasteiger charge is 2.39. The van der Waals surface area contributed by atoms with Gasteiger partial charge in [-0.2, -0.15) is 4.99 Å². The molecule has 6 nitrogen and oxygen atoms in total. The average molecular weight is 479 g/mol. The molecule has 0 atom stereocenters. The minimum Gasteiger partial charge on any atom is -0.482 e. The molecule has 3 N–H and O–H groups in total. The van der Waals surface area contributed by atoms with E-state index in [1.807, 2.05) is 24.3 Å². The maximum absolute atomic E-state index is 11.5. The lowest BCUT2D eigenvalue weighted by molar-refractivity contribution is -0.359. The first kappa shape index (κ1) is 22.7. The first-order valence-corrected chi connectivity index (χ1v) is 12.3. The Morgan fingerprint density at radius 3 is 2.71 bits per heavy atom. The van der Waals surface area contributed by atoms with E-state index in [1.54, 1.807) is 18.2 Å². The van der Waals surface area contributed by atoms with Gasteiger partial charge < -0.3 is 19.7 Å². The van der Waals surface area contributed by atoms with Gasteiger partial charge in [-0.05, 0) is 74.9 Å². The number of ether oxygens (including phenoxy) is 2. The van der Waals surface area contributed by atoms with Crippen molar-refractivity contribution in [1.82, 2.24) is 0 Å². The number of nitrogens with one attached hydrogen (secondary N) is 1. The molecule has 3 aliphatic heterocycles. The van der Waals surface area contributed by atoms with E-state index >= 15 is 0 Å². The molecule has 0 unspecified atom stereocenters. The van der Waals surface area contributed by atoms with Crippen LogP contribution in [-0.2, 0) is 9.47 Å². The number of carboxylic acids is 1. The maximum atomic E-state index is 11.5. The molecule has 1 fully saturated rings. The normalized spacial score (nSPS) is 21.6. The fourth-order valence-corrected chi connectivity index (χ4v) is 5.70. The van der Waals surface area contributed by atoms with Crippen molar-refractivity contribution in [3.8, 4) is 0 Å². The predicted molar refractivity (Wildman–Crippen MR) is 131 cm³/mol. The predicted octanol–water partition coefficient (Wildman–Crippen LogP) is 4.48. The van der Waals surface area contributed by atoms with Crippen molar-refractivity contribution in [3.63, 3.8) is 0 Å². The van der Waals surface area contributed by atoms with Gasteiger partial charge in [-0.15, -0.1) is 0 Å². The van der Waals surface area contributed by atoms with E-state index in [4.69, 9.17) is 9.47 Å². The molecule has 0 spiro atoms. The van der Waals surface area contributed by atoms with Gasteiger partial charge in [0.1, 0.15) is 16.9 Å². The lowest BCUT2D eigenvalue weighted by Crippen LogP contribution is -2.63. The highest BCUT2D eigenvalue weighted by molar-refractivity contribution is 7.99. The van der Waals surface area contributed by atoms with Gasteiger partial charge in [0.25, 0.3) is 0 Å². The topological polar surface area (TPSA) is 90.0 Å². The van der Waals surface area contributed by atoms with Gasteiger partial charge in [-0.1, -0.05) is 23.9 Å². The Kier molecular flexibility index (Phi) is 6.00. The van der Waals surface area contributed by atoms with E-state index in [0.29, 0.717) is 22.1 Å². The molecule has 7 heteroatoms. The fourth-order valence-electron chi connectivity index (χ4n) is 4.73. The Morgan fingerprint density at radius 1 is 1.18 bits per heavy atom. The molecule has 0 saturated carbocycles. The largest absolute Gasteiger partial charge is 0.482 e. The summed E-state index contributed by atoms with van der Waals surface area (Å²) in [5.41, 5.74) is 3.36. The van der Waals surface area contributed by atoms with Crippen LogP contribution >= 0.6 is 11.8 Å². The summed E-state index contributed by atoms with van der Waals surface area (Å²) in [6, 6.07) is 12.8.